The number of halogens is 1. The number of anilines is 1. The number of para-hydroxylation sites is 1. The Hall–Kier alpha value is -1.94. The number of hydrogen-bond donors (Lipinski definition) is 1. The monoisotopic (exact) mass is 276 g/mol. The van der Waals surface area contributed by atoms with E-state index in [4.69, 9.17) is 21.1 Å². The second-order valence-corrected chi connectivity index (χ2v) is 4.66. The molecule has 1 N–H and O–H groups in total. The summed E-state index contributed by atoms with van der Waals surface area (Å²) in [7, 11) is 0. The first-order valence-corrected chi connectivity index (χ1v) is 6.36. The van der Waals surface area contributed by atoms with E-state index < -0.39 is 0 Å². The van der Waals surface area contributed by atoms with Crippen LogP contribution in [0.1, 0.15) is 11.1 Å². The molecule has 2 aromatic rings. The molecule has 0 unspecified atom stereocenters. The average Bonchev–Trinajstić information content (AvgIpc) is 2.87. The van der Waals surface area contributed by atoms with Gasteiger partial charge in [-0.05, 0) is 24.6 Å². The molecule has 0 bridgehead atoms. The summed E-state index contributed by atoms with van der Waals surface area (Å²) in [5.74, 6) is 1.58. The van der Waals surface area contributed by atoms with Gasteiger partial charge >= 0.3 is 0 Å². The third-order valence-corrected chi connectivity index (χ3v) is 3.33. The third-order valence-electron chi connectivity index (χ3n) is 3.05. The smallest absolute Gasteiger partial charge is 0.231 e. The molecule has 19 heavy (non-hydrogen) atoms. The van der Waals surface area contributed by atoms with E-state index >= 15 is 0 Å². The molecule has 3 rings (SSSR count). The van der Waals surface area contributed by atoms with Crippen LogP contribution in [0.25, 0.3) is 0 Å². The molecule has 1 aliphatic rings. The van der Waals surface area contributed by atoms with Gasteiger partial charge < -0.3 is 14.8 Å². The Morgan fingerprint density at radius 1 is 1.32 bits per heavy atom. The van der Waals surface area contributed by atoms with Crippen molar-refractivity contribution in [2.75, 3.05) is 12.1 Å². The van der Waals surface area contributed by atoms with Gasteiger partial charge in [-0.15, -0.1) is 0 Å². The number of hydrogen-bond acceptors (Lipinski definition) is 4. The van der Waals surface area contributed by atoms with Gasteiger partial charge in [0.2, 0.25) is 6.79 Å². The minimum atomic E-state index is 0.277. The Kier molecular flexibility index (Phi) is 3.17. The van der Waals surface area contributed by atoms with Crippen LogP contribution in [0, 0.1) is 6.92 Å². The molecule has 0 spiro atoms. The Labute approximate surface area is 116 Å². The van der Waals surface area contributed by atoms with Crippen LogP contribution in [-0.4, -0.2) is 11.8 Å². The summed E-state index contributed by atoms with van der Waals surface area (Å²) in [6, 6.07) is 7.76. The first kappa shape index (κ1) is 12.1. The van der Waals surface area contributed by atoms with E-state index in [1.807, 2.05) is 31.2 Å². The number of pyridine rings is 1. The van der Waals surface area contributed by atoms with Gasteiger partial charge in [0.15, 0.2) is 16.7 Å². The summed E-state index contributed by atoms with van der Waals surface area (Å²) in [6.45, 7) is 2.88. The average molecular weight is 277 g/mol. The molecule has 0 fully saturated rings. The highest BCUT2D eigenvalue weighted by atomic mass is 35.5. The molecule has 1 aromatic carbocycles. The fourth-order valence-electron chi connectivity index (χ4n) is 2.05. The molecule has 98 valence electrons. The van der Waals surface area contributed by atoms with Crippen molar-refractivity contribution in [3.8, 4) is 11.5 Å². The van der Waals surface area contributed by atoms with E-state index in [1.165, 1.54) is 0 Å². The summed E-state index contributed by atoms with van der Waals surface area (Å²) in [6.07, 6.45) is 1.69. The van der Waals surface area contributed by atoms with Crippen LogP contribution in [0.3, 0.4) is 0 Å². The predicted molar refractivity (Wildman–Crippen MR) is 73.9 cm³/mol. The molecule has 0 radical (unpaired) electrons. The molecule has 4 nitrogen and oxygen atoms in total. The van der Waals surface area contributed by atoms with Gasteiger partial charge in [0.25, 0.3) is 0 Å². The van der Waals surface area contributed by atoms with E-state index in [9.17, 15) is 0 Å². The first-order valence-electron chi connectivity index (χ1n) is 5.98. The van der Waals surface area contributed by atoms with Crippen LogP contribution < -0.4 is 14.8 Å². The van der Waals surface area contributed by atoms with Crippen molar-refractivity contribution in [1.29, 1.82) is 0 Å². The van der Waals surface area contributed by atoms with Gasteiger partial charge in [0.05, 0.1) is 5.69 Å². The highest BCUT2D eigenvalue weighted by molar-refractivity contribution is 6.32. The van der Waals surface area contributed by atoms with E-state index in [2.05, 4.69) is 10.3 Å². The number of aromatic nitrogens is 1. The number of aryl methyl sites for hydroxylation is 1. The van der Waals surface area contributed by atoms with Gasteiger partial charge in [-0.25, -0.2) is 4.98 Å². The Bertz CT molecular complexity index is 596. The first-order chi connectivity index (χ1) is 9.25. The zero-order valence-electron chi connectivity index (χ0n) is 10.4. The number of ether oxygens (including phenoxy) is 2. The number of nitrogens with one attached hydrogen (secondary N) is 1. The van der Waals surface area contributed by atoms with Gasteiger partial charge in [-0.2, -0.15) is 0 Å². The summed E-state index contributed by atoms with van der Waals surface area (Å²) in [5.41, 5.74) is 2.94. The summed E-state index contributed by atoms with van der Waals surface area (Å²) < 4.78 is 10.8. The van der Waals surface area contributed by atoms with Crippen LogP contribution in [0.15, 0.2) is 30.5 Å². The van der Waals surface area contributed by atoms with Crippen molar-refractivity contribution in [2.45, 2.75) is 13.5 Å². The highest BCUT2D eigenvalue weighted by Gasteiger charge is 2.17. The van der Waals surface area contributed by atoms with Crippen molar-refractivity contribution < 1.29 is 9.47 Å². The number of rotatable bonds is 3. The maximum Gasteiger partial charge on any atom is 0.231 e. The molecule has 2 heterocycles. The van der Waals surface area contributed by atoms with Crippen molar-refractivity contribution in [2.24, 2.45) is 0 Å². The van der Waals surface area contributed by atoms with Crippen LogP contribution in [0.2, 0.25) is 5.15 Å². The highest BCUT2D eigenvalue weighted by Crippen LogP contribution is 2.36. The van der Waals surface area contributed by atoms with Crippen LogP contribution in [-0.2, 0) is 6.54 Å². The summed E-state index contributed by atoms with van der Waals surface area (Å²) >= 11 is 6.08. The van der Waals surface area contributed by atoms with E-state index in [0.717, 1.165) is 28.3 Å². The molecule has 1 aromatic heterocycles. The van der Waals surface area contributed by atoms with Crippen LogP contribution in [0.5, 0.6) is 11.5 Å². The molecule has 0 saturated carbocycles. The van der Waals surface area contributed by atoms with Crippen molar-refractivity contribution >= 4 is 17.3 Å². The lowest BCUT2D eigenvalue weighted by atomic mass is 10.1. The lowest BCUT2D eigenvalue weighted by Gasteiger charge is -2.11. The van der Waals surface area contributed by atoms with E-state index in [1.54, 1.807) is 6.20 Å². The molecule has 0 atom stereocenters. The maximum atomic E-state index is 6.08. The number of benzene rings is 1. The fourth-order valence-corrected chi connectivity index (χ4v) is 2.32. The van der Waals surface area contributed by atoms with Gasteiger partial charge in [-0.1, -0.05) is 23.7 Å². The summed E-state index contributed by atoms with van der Waals surface area (Å²) in [5, 5.41) is 3.77. The number of fused-ring (bicyclic) bond motifs is 1. The van der Waals surface area contributed by atoms with Crippen molar-refractivity contribution in [3.63, 3.8) is 0 Å². The van der Waals surface area contributed by atoms with Crippen LogP contribution in [0.4, 0.5) is 5.69 Å². The van der Waals surface area contributed by atoms with Crippen molar-refractivity contribution in [3.05, 3.63) is 46.7 Å². The van der Waals surface area contributed by atoms with Crippen LogP contribution >= 0.6 is 11.6 Å². The Morgan fingerprint density at radius 3 is 3.05 bits per heavy atom. The molecule has 0 aliphatic carbocycles. The third kappa shape index (κ3) is 2.31. The molecule has 5 heteroatoms. The molecular formula is C14H13ClN2O2. The Morgan fingerprint density at radius 2 is 2.21 bits per heavy atom. The molecule has 0 saturated heterocycles. The zero-order valence-corrected chi connectivity index (χ0v) is 11.2. The number of nitrogens with zero attached hydrogens (tertiary/aromatic N) is 1. The second-order valence-electron chi connectivity index (χ2n) is 4.30. The topological polar surface area (TPSA) is 43.4 Å². The largest absolute Gasteiger partial charge is 0.454 e. The standard InChI is InChI=1S/C14H13ClN2O2/c1-9-5-6-16-14(15)12(9)17-7-10-3-2-4-11-13(10)19-8-18-11/h2-6,17H,7-8H2,1H3. The zero-order chi connectivity index (χ0) is 13.2. The van der Waals surface area contributed by atoms with E-state index in [0.29, 0.717) is 11.7 Å². The lowest BCUT2D eigenvalue weighted by Crippen LogP contribution is -2.03. The normalized spacial score (nSPS) is 12.5. The van der Waals surface area contributed by atoms with Gasteiger partial charge in [0, 0.05) is 18.3 Å². The quantitative estimate of drug-likeness (QED) is 0.873. The fraction of sp³-hybridized carbons (Fsp3) is 0.214. The maximum absolute atomic E-state index is 6.08. The minimum absolute atomic E-state index is 0.277. The SMILES string of the molecule is Cc1ccnc(Cl)c1NCc1cccc2c1OCO2. The lowest BCUT2D eigenvalue weighted by molar-refractivity contribution is 0.173. The van der Waals surface area contributed by atoms with E-state index in [-0.39, 0.29) is 6.79 Å². The minimum Gasteiger partial charge on any atom is -0.454 e. The van der Waals surface area contributed by atoms with Crippen molar-refractivity contribution in [1.82, 2.24) is 4.98 Å². The molecular weight excluding hydrogens is 264 g/mol. The molecule has 1 aliphatic heterocycles. The second kappa shape index (κ2) is 4.97. The Balaban J connectivity index is 1.82. The predicted octanol–water partition coefficient (Wildman–Crippen LogP) is 3.38. The molecule has 0 amide bonds. The van der Waals surface area contributed by atoms with Gasteiger partial charge in [0.1, 0.15) is 0 Å². The summed E-state index contributed by atoms with van der Waals surface area (Å²) in [4.78, 5) is 4.07. The van der Waals surface area contributed by atoms with Gasteiger partial charge in [-0.3, -0.25) is 0 Å².